The van der Waals surface area contributed by atoms with E-state index in [1.54, 1.807) is 4.68 Å². The zero-order chi connectivity index (χ0) is 28.5. The standard InChI is InChI=1S/C30H35N7O4/c1-19-29-26(34-30-24(18-41-29)23(6-10-31-30)21-15-32-35(2)16-21)14-25(33-19)20-7-11-36(12-8-20)22-9-13-37(17-22)27(38)4-5-28(39)40-3/h4-6,10,14-16,20,22H,7-9,11-13,17-18H2,1-3H3,(H,31,34)/b5-4+/t22-/m0/s1. The molecule has 1 N–H and O–H groups in total. The summed E-state index contributed by atoms with van der Waals surface area (Å²) in [5.41, 5.74) is 5.91. The summed E-state index contributed by atoms with van der Waals surface area (Å²) in [4.78, 5) is 37.7. The monoisotopic (exact) mass is 557 g/mol. The Morgan fingerprint density at radius 3 is 2.76 bits per heavy atom. The summed E-state index contributed by atoms with van der Waals surface area (Å²) in [6.07, 6.45) is 11.1. The number of piperidine rings is 1. The molecule has 3 aliphatic rings. The smallest absolute Gasteiger partial charge is 0.330 e. The highest BCUT2D eigenvalue weighted by atomic mass is 16.5. The summed E-state index contributed by atoms with van der Waals surface area (Å²) in [7, 11) is 3.21. The molecule has 41 heavy (non-hydrogen) atoms. The molecule has 0 saturated carbocycles. The molecule has 11 nitrogen and oxygen atoms in total. The van der Waals surface area contributed by atoms with Gasteiger partial charge in [-0.15, -0.1) is 0 Å². The summed E-state index contributed by atoms with van der Waals surface area (Å²) in [6.45, 7) is 5.69. The molecule has 2 fully saturated rings. The third-order valence-electron chi connectivity index (χ3n) is 8.35. The summed E-state index contributed by atoms with van der Waals surface area (Å²) >= 11 is 0. The van der Waals surface area contributed by atoms with E-state index in [0.717, 1.165) is 77.7 Å². The second-order valence-corrected chi connectivity index (χ2v) is 10.9. The molecule has 0 aromatic carbocycles. The number of carbonyl (C=O) groups is 2. The highest BCUT2D eigenvalue weighted by molar-refractivity contribution is 5.94. The minimum atomic E-state index is -0.519. The Balaban J connectivity index is 1.12. The number of nitrogens with zero attached hydrogens (tertiary/aromatic N) is 6. The van der Waals surface area contributed by atoms with Gasteiger partial charge in [0.05, 0.1) is 24.7 Å². The molecule has 0 bridgehead atoms. The SMILES string of the molecule is COC(=O)/C=C/C(=O)N1CC[C@H](N2CCC(c3cc4c(c(C)n3)OCc3c(-c5cnn(C)c5)ccnc3N4)CC2)C1. The van der Waals surface area contributed by atoms with Crippen molar-refractivity contribution in [3.63, 3.8) is 0 Å². The second-order valence-electron chi connectivity index (χ2n) is 10.9. The van der Waals surface area contributed by atoms with Gasteiger partial charge < -0.3 is 19.7 Å². The van der Waals surface area contributed by atoms with Crippen LogP contribution in [-0.2, 0) is 28.0 Å². The average Bonchev–Trinajstić information content (AvgIpc) is 3.61. The summed E-state index contributed by atoms with van der Waals surface area (Å²) < 4.78 is 12.7. The molecule has 1 amide bonds. The lowest BCUT2D eigenvalue weighted by Gasteiger charge is -2.36. The molecular formula is C30H35N7O4. The van der Waals surface area contributed by atoms with Crippen molar-refractivity contribution in [3.8, 4) is 16.9 Å². The van der Waals surface area contributed by atoms with Crippen LogP contribution in [0.5, 0.6) is 5.75 Å². The molecular weight excluding hydrogens is 522 g/mol. The quantitative estimate of drug-likeness (QED) is 0.373. The third kappa shape index (κ3) is 5.54. The van der Waals surface area contributed by atoms with E-state index in [1.807, 2.05) is 43.5 Å². The predicted molar refractivity (Wildman–Crippen MR) is 153 cm³/mol. The highest BCUT2D eigenvalue weighted by Crippen LogP contribution is 2.40. The molecule has 6 rings (SSSR count). The van der Waals surface area contributed by atoms with E-state index in [4.69, 9.17) is 9.72 Å². The van der Waals surface area contributed by atoms with Crippen molar-refractivity contribution in [2.24, 2.45) is 7.05 Å². The third-order valence-corrected chi connectivity index (χ3v) is 8.35. The minimum Gasteiger partial charge on any atom is -0.485 e. The molecule has 0 radical (unpaired) electrons. The fourth-order valence-electron chi connectivity index (χ4n) is 6.13. The number of amides is 1. The van der Waals surface area contributed by atoms with E-state index in [9.17, 15) is 9.59 Å². The fourth-order valence-corrected chi connectivity index (χ4v) is 6.13. The number of hydrogen-bond donors (Lipinski definition) is 1. The number of aryl methyl sites for hydroxylation is 2. The van der Waals surface area contributed by atoms with Gasteiger partial charge in [-0.25, -0.2) is 9.78 Å². The number of nitrogens with one attached hydrogen (secondary N) is 1. The van der Waals surface area contributed by atoms with Crippen LogP contribution < -0.4 is 10.1 Å². The van der Waals surface area contributed by atoms with Crippen molar-refractivity contribution < 1.29 is 19.1 Å². The summed E-state index contributed by atoms with van der Waals surface area (Å²) in [6, 6.07) is 4.46. The molecule has 3 aromatic heterocycles. The molecule has 6 heterocycles. The molecule has 0 spiro atoms. The number of hydrogen-bond acceptors (Lipinski definition) is 9. The molecule has 3 aliphatic heterocycles. The van der Waals surface area contributed by atoms with Crippen molar-refractivity contribution >= 4 is 23.4 Å². The fraction of sp³-hybridized carbons (Fsp3) is 0.433. The number of aromatic nitrogens is 4. The number of anilines is 2. The second kappa shape index (κ2) is 11.3. The van der Waals surface area contributed by atoms with Gasteiger partial charge in [-0.3, -0.25) is 19.4 Å². The largest absolute Gasteiger partial charge is 0.485 e. The van der Waals surface area contributed by atoms with Crippen molar-refractivity contribution in [1.29, 1.82) is 0 Å². The van der Waals surface area contributed by atoms with Crippen LogP contribution in [0, 0.1) is 6.92 Å². The number of ether oxygens (including phenoxy) is 2. The summed E-state index contributed by atoms with van der Waals surface area (Å²) in [5, 5.41) is 7.87. The number of methoxy groups -OCH3 is 1. The van der Waals surface area contributed by atoms with Crippen LogP contribution in [0.4, 0.5) is 11.5 Å². The number of carbonyl (C=O) groups excluding carboxylic acids is 2. The first-order valence-electron chi connectivity index (χ1n) is 14.1. The van der Waals surface area contributed by atoms with Gasteiger partial charge in [0, 0.05) is 73.5 Å². The van der Waals surface area contributed by atoms with Crippen LogP contribution in [0.2, 0.25) is 0 Å². The number of esters is 1. The molecule has 11 heteroatoms. The van der Waals surface area contributed by atoms with Gasteiger partial charge in [0.1, 0.15) is 12.4 Å². The van der Waals surface area contributed by atoms with Gasteiger partial charge in [0.2, 0.25) is 5.91 Å². The number of likely N-dealkylation sites (tertiary alicyclic amines) is 2. The Kier molecular flexibility index (Phi) is 7.44. The molecule has 3 aromatic rings. The van der Waals surface area contributed by atoms with Crippen LogP contribution in [-0.4, -0.2) is 80.8 Å². The Hall–Kier alpha value is -4.25. The molecule has 1 atom stereocenters. The normalized spacial score (nSPS) is 19.3. The van der Waals surface area contributed by atoms with Crippen molar-refractivity contribution in [1.82, 2.24) is 29.5 Å². The van der Waals surface area contributed by atoms with Crippen molar-refractivity contribution in [3.05, 3.63) is 59.8 Å². The first-order valence-corrected chi connectivity index (χ1v) is 14.1. The lowest BCUT2D eigenvalue weighted by atomic mass is 9.91. The van der Waals surface area contributed by atoms with Gasteiger partial charge in [-0.1, -0.05) is 0 Å². The molecule has 214 valence electrons. The Morgan fingerprint density at radius 1 is 1.17 bits per heavy atom. The number of rotatable bonds is 5. The van der Waals surface area contributed by atoms with Crippen LogP contribution in [0.3, 0.4) is 0 Å². The number of pyridine rings is 2. The van der Waals surface area contributed by atoms with E-state index in [0.29, 0.717) is 31.7 Å². The average molecular weight is 558 g/mol. The Bertz CT molecular complexity index is 1490. The van der Waals surface area contributed by atoms with Crippen LogP contribution >= 0.6 is 0 Å². The maximum atomic E-state index is 12.5. The first kappa shape index (κ1) is 26.9. The lowest BCUT2D eigenvalue weighted by Crippen LogP contribution is -2.43. The van der Waals surface area contributed by atoms with Gasteiger partial charge in [-0.05, 0) is 57.0 Å². The lowest BCUT2D eigenvalue weighted by molar-refractivity contribution is -0.135. The predicted octanol–water partition coefficient (Wildman–Crippen LogP) is 3.33. The van der Waals surface area contributed by atoms with E-state index < -0.39 is 5.97 Å². The number of fused-ring (bicyclic) bond motifs is 2. The van der Waals surface area contributed by atoms with Crippen molar-refractivity contribution in [2.75, 3.05) is 38.6 Å². The van der Waals surface area contributed by atoms with Gasteiger partial charge in [0.25, 0.3) is 0 Å². The highest BCUT2D eigenvalue weighted by Gasteiger charge is 2.33. The Labute approximate surface area is 239 Å². The zero-order valence-electron chi connectivity index (χ0n) is 23.7. The zero-order valence-corrected chi connectivity index (χ0v) is 23.7. The summed E-state index contributed by atoms with van der Waals surface area (Å²) in [5.74, 6) is 1.23. The van der Waals surface area contributed by atoms with Crippen LogP contribution in [0.1, 0.15) is 42.1 Å². The van der Waals surface area contributed by atoms with E-state index in [1.165, 1.54) is 19.3 Å². The van der Waals surface area contributed by atoms with Crippen molar-refractivity contribution in [2.45, 2.75) is 44.8 Å². The topological polar surface area (TPSA) is 115 Å². The van der Waals surface area contributed by atoms with Gasteiger partial charge >= 0.3 is 5.97 Å². The van der Waals surface area contributed by atoms with Crippen LogP contribution in [0.15, 0.2) is 42.9 Å². The van der Waals surface area contributed by atoms with E-state index >= 15 is 0 Å². The Morgan fingerprint density at radius 2 is 2.00 bits per heavy atom. The first-order chi connectivity index (χ1) is 19.9. The van der Waals surface area contributed by atoms with Gasteiger partial charge in [-0.2, -0.15) is 5.10 Å². The maximum absolute atomic E-state index is 12.5. The maximum Gasteiger partial charge on any atom is 0.330 e. The molecule has 0 unspecified atom stereocenters. The molecule has 2 saturated heterocycles. The van der Waals surface area contributed by atoms with Crippen LogP contribution in [0.25, 0.3) is 11.1 Å². The molecule has 0 aliphatic carbocycles. The van der Waals surface area contributed by atoms with Gasteiger partial charge in [0.15, 0.2) is 5.75 Å². The van der Waals surface area contributed by atoms with E-state index in [-0.39, 0.29) is 5.91 Å². The minimum absolute atomic E-state index is 0.143. The van der Waals surface area contributed by atoms with E-state index in [2.05, 4.69) is 31.1 Å².